The Kier molecular flexibility index (Phi) is 3.64. The molecule has 168 valence electrons. The van der Waals surface area contributed by atoms with Gasteiger partial charge in [0.1, 0.15) is 0 Å². The number of rotatable bonds is 0. The highest BCUT2D eigenvalue weighted by molar-refractivity contribution is 6.40. The maximum Gasteiger partial charge on any atom is 0.158 e. The highest BCUT2D eigenvalue weighted by Gasteiger charge is 2.21. The van der Waals surface area contributed by atoms with Crippen LogP contribution in [0.3, 0.4) is 0 Å². The van der Waals surface area contributed by atoms with Crippen LogP contribution in [0.2, 0.25) is 0 Å². The van der Waals surface area contributed by atoms with E-state index >= 15 is 0 Å². The van der Waals surface area contributed by atoms with E-state index in [0.717, 1.165) is 0 Å². The molecular weight excluding hydrogens is 440 g/mol. The first-order valence-electron chi connectivity index (χ1n) is 10.2. The van der Waals surface area contributed by atoms with Crippen LogP contribution in [0, 0.1) is 0 Å². The quantitative estimate of drug-likeness (QED) is 0.116. The molecule has 0 saturated heterocycles. The molecule has 0 atom stereocenters. The lowest BCUT2D eigenvalue weighted by Gasteiger charge is -2.18. The zero-order valence-electron chi connectivity index (χ0n) is 17.2. The number of fused-ring (bicyclic) bond motifs is 11. The molecule has 0 unspecified atom stereocenters. The standard InChI is InChI=1S/C26H16O8/c27-17-1-9-10-2-18(28)22(32)6-14(10)26-16-8-24(34)20(30)4-12(16)11-3-19(29)23(33)7-15(11)25(26)13(9)5-21(17)31/h1-8,27-34H. The molecule has 0 aromatic heterocycles. The first-order valence-corrected chi connectivity index (χ1v) is 10.2. The van der Waals surface area contributed by atoms with Crippen molar-refractivity contribution in [2.45, 2.75) is 0 Å². The van der Waals surface area contributed by atoms with Crippen molar-refractivity contribution >= 4 is 53.9 Å². The Balaban J connectivity index is 2.10. The third kappa shape index (κ3) is 2.42. The number of aromatic hydroxyl groups is 8. The zero-order chi connectivity index (χ0) is 24.0. The highest BCUT2D eigenvalue weighted by Crippen LogP contribution is 2.50. The molecular formula is C26H16O8. The predicted molar refractivity (Wildman–Crippen MR) is 127 cm³/mol. The van der Waals surface area contributed by atoms with Gasteiger partial charge in [-0.1, -0.05) is 0 Å². The van der Waals surface area contributed by atoms with Gasteiger partial charge in [0.05, 0.1) is 0 Å². The van der Waals surface area contributed by atoms with E-state index in [9.17, 15) is 40.9 Å². The molecule has 6 rings (SSSR count). The van der Waals surface area contributed by atoms with Crippen molar-refractivity contribution in [3.05, 3.63) is 48.5 Å². The fourth-order valence-electron chi connectivity index (χ4n) is 4.85. The molecule has 0 spiro atoms. The molecule has 8 nitrogen and oxygen atoms in total. The second kappa shape index (κ2) is 6.29. The summed E-state index contributed by atoms with van der Waals surface area (Å²) in [7, 11) is 0. The van der Waals surface area contributed by atoms with Crippen LogP contribution in [0.25, 0.3) is 53.9 Å². The molecule has 0 aliphatic rings. The fraction of sp³-hybridized carbons (Fsp3) is 0. The van der Waals surface area contributed by atoms with E-state index in [1.165, 1.54) is 48.5 Å². The molecule has 0 amide bonds. The van der Waals surface area contributed by atoms with E-state index in [4.69, 9.17) is 0 Å². The smallest absolute Gasteiger partial charge is 0.158 e. The maximum atomic E-state index is 10.3. The molecule has 8 heteroatoms. The summed E-state index contributed by atoms with van der Waals surface area (Å²) < 4.78 is 0. The predicted octanol–water partition coefficient (Wildman–Crippen LogP) is 5.10. The van der Waals surface area contributed by atoms with E-state index in [1.807, 2.05) is 0 Å². The van der Waals surface area contributed by atoms with Gasteiger partial charge in [0.2, 0.25) is 0 Å². The van der Waals surface area contributed by atoms with E-state index in [1.54, 1.807) is 0 Å². The minimum Gasteiger partial charge on any atom is -0.504 e. The minimum absolute atomic E-state index is 0.395. The molecule has 0 aliphatic carbocycles. The van der Waals surface area contributed by atoms with Crippen LogP contribution in [0.4, 0.5) is 0 Å². The van der Waals surface area contributed by atoms with Gasteiger partial charge in [0.25, 0.3) is 0 Å². The lowest BCUT2D eigenvalue weighted by Crippen LogP contribution is -1.90. The number of hydrogen-bond donors (Lipinski definition) is 8. The SMILES string of the molecule is Oc1cc2c3cc(O)c(O)cc3c3c4cc(O)c(O)cc4c4cc(O)c(O)cc4c3c2cc1O. The molecule has 0 aliphatic heterocycles. The number of phenols is 8. The Morgan fingerprint density at radius 3 is 0.559 bits per heavy atom. The number of hydrogen-bond acceptors (Lipinski definition) is 8. The van der Waals surface area contributed by atoms with Gasteiger partial charge in [-0.2, -0.15) is 0 Å². The van der Waals surface area contributed by atoms with Gasteiger partial charge < -0.3 is 40.9 Å². The Bertz CT molecular complexity index is 1620. The Morgan fingerprint density at radius 2 is 0.382 bits per heavy atom. The lowest BCUT2D eigenvalue weighted by molar-refractivity contribution is 0.404. The summed E-state index contributed by atoms with van der Waals surface area (Å²) in [6, 6.07) is 10.7. The topological polar surface area (TPSA) is 162 Å². The van der Waals surface area contributed by atoms with Crippen molar-refractivity contribution in [1.82, 2.24) is 0 Å². The Hall–Kier alpha value is -4.98. The Morgan fingerprint density at radius 1 is 0.235 bits per heavy atom. The third-order valence-electron chi connectivity index (χ3n) is 6.37. The fourth-order valence-corrected chi connectivity index (χ4v) is 4.85. The summed E-state index contributed by atoms with van der Waals surface area (Å²) in [5, 5.41) is 86.5. The first-order chi connectivity index (χ1) is 16.2. The Labute approximate surface area is 189 Å². The minimum atomic E-state index is -0.402. The van der Waals surface area contributed by atoms with Crippen LogP contribution in [0.5, 0.6) is 46.0 Å². The third-order valence-corrected chi connectivity index (χ3v) is 6.37. The molecule has 0 bridgehead atoms. The van der Waals surface area contributed by atoms with Gasteiger partial charge >= 0.3 is 0 Å². The molecule has 6 aromatic rings. The van der Waals surface area contributed by atoms with Crippen molar-refractivity contribution in [3.63, 3.8) is 0 Å². The number of benzene rings is 6. The van der Waals surface area contributed by atoms with Crippen LogP contribution in [-0.4, -0.2) is 40.9 Å². The van der Waals surface area contributed by atoms with Crippen LogP contribution in [0.1, 0.15) is 0 Å². The van der Waals surface area contributed by atoms with Crippen LogP contribution in [-0.2, 0) is 0 Å². The molecule has 8 N–H and O–H groups in total. The average Bonchev–Trinajstić information content (AvgIpc) is 2.78. The summed E-state index contributed by atoms with van der Waals surface area (Å²) in [4.78, 5) is 0. The number of phenolic OH excluding ortho intramolecular Hbond substituents is 8. The van der Waals surface area contributed by atoms with E-state index < -0.39 is 46.0 Å². The second-order valence-corrected chi connectivity index (χ2v) is 8.30. The van der Waals surface area contributed by atoms with Crippen LogP contribution < -0.4 is 0 Å². The second-order valence-electron chi connectivity index (χ2n) is 8.30. The van der Waals surface area contributed by atoms with Crippen LogP contribution in [0.15, 0.2) is 48.5 Å². The summed E-state index contributed by atoms with van der Waals surface area (Å²) in [5.74, 6) is -3.19. The first kappa shape index (κ1) is 19.7. The van der Waals surface area contributed by atoms with Crippen molar-refractivity contribution < 1.29 is 40.9 Å². The average molecular weight is 456 g/mol. The van der Waals surface area contributed by atoms with E-state index in [2.05, 4.69) is 0 Å². The summed E-state index contributed by atoms with van der Waals surface area (Å²) in [5.41, 5.74) is 0. The van der Waals surface area contributed by atoms with Crippen molar-refractivity contribution in [2.75, 3.05) is 0 Å². The monoisotopic (exact) mass is 456 g/mol. The van der Waals surface area contributed by atoms with Gasteiger partial charge in [-0.3, -0.25) is 0 Å². The van der Waals surface area contributed by atoms with Crippen molar-refractivity contribution in [1.29, 1.82) is 0 Å². The maximum absolute atomic E-state index is 10.3. The summed E-state index contributed by atoms with van der Waals surface area (Å²) >= 11 is 0. The zero-order valence-corrected chi connectivity index (χ0v) is 17.2. The van der Waals surface area contributed by atoms with E-state index in [-0.39, 0.29) is 0 Å². The van der Waals surface area contributed by atoms with Crippen molar-refractivity contribution in [3.8, 4) is 46.0 Å². The molecule has 0 fully saturated rings. The molecule has 0 heterocycles. The van der Waals surface area contributed by atoms with Gasteiger partial charge in [-0.25, -0.2) is 0 Å². The normalized spacial score (nSPS) is 11.9. The largest absolute Gasteiger partial charge is 0.504 e. The van der Waals surface area contributed by atoms with Gasteiger partial charge in [-0.15, -0.1) is 0 Å². The van der Waals surface area contributed by atoms with Gasteiger partial charge in [0.15, 0.2) is 46.0 Å². The van der Waals surface area contributed by atoms with E-state index in [0.29, 0.717) is 53.9 Å². The van der Waals surface area contributed by atoms with Crippen LogP contribution >= 0.6 is 0 Å². The summed E-state index contributed by atoms with van der Waals surface area (Å²) in [6.07, 6.45) is 0. The highest BCUT2D eigenvalue weighted by atomic mass is 16.3. The van der Waals surface area contributed by atoms with Crippen molar-refractivity contribution in [2.24, 2.45) is 0 Å². The molecule has 0 radical (unpaired) electrons. The lowest BCUT2D eigenvalue weighted by atomic mass is 9.86. The molecule has 34 heavy (non-hydrogen) atoms. The van der Waals surface area contributed by atoms with Gasteiger partial charge in [0, 0.05) is 0 Å². The summed E-state index contributed by atoms with van der Waals surface area (Å²) in [6.45, 7) is 0. The molecule has 0 saturated carbocycles. The van der Waals surface area contributed by atoms with Gasteiger partial charge in [-0.05, 0) is 102 Å². The molecule has 6 aromatic carbocycles.